The number of β-lactam (4-membered cyclic amide) rings is 1. The number of aromatic nitrogens is 3. The lowest BCUT2D eigenvalue weighted by Crippen LogP contribution is -2.70. The summed E-state index contributed by atoms with van der Waals surface area (Å²) in [6.45, 7) is 1.93. The van der Waals surface area contributed by atoms with E-state index < -0.39 is 53.1 Å². The molecule has 3 heterocycles. The normalized spacial score (nSPS) is 18.1. The molecule has 2 aliphatic heterocycles. The molecule has 3 amide bonds. The monoisotopic (exact) mass is 646 g/mol. The van der Waals surface area contributed by atoms with Crippen molar-refractivity contribution < 1.29 is 43.7 Å². The largest absolute Gasteiger partial charge is 0.480 e. The first-order valence-corrected chi connectivity index (χ1v) is 15.6. The lowest BCUT2D eigenvalue weighted by atomic mass is 10.0. The molecule has 4 rings (SSSR count). The Morgan fingerprint density at radius 1 is 1.20 bits per heavy atom. The van der Waals surface area contributed by atoms with Crippen LogP contribution < -0.4 is 10.6 Å². The van der Waals surface area contributed by atoms with Crippen molar-refractivity contribution in [2.45, 2.75) is 55.2 Å². The zero-order valence-corrected chi connectivity index (χ0v) is 25.1. The van der Waals surface area contributed by atoms with Crippen LogP contribution in [0, 0.1) is 0 Å². The Balaban J connectivity index is 1.28. The van der Waals surface area contributed by atoms with Gasteiger partial charge >= 0.3 is 17.9 Å². The van der Waals surface area contributed by atoms with Crippen molar-refractivity contribution in [3.8, 4) is 0 Å². The molecule has 1 fully saturated rings. The summed E-state index contributed by atoms with van der Waals surface area (Å²) in [5.41, 5.74) is 0.636. The minimum Gasteiger partial charge on any atom is -0.480 e. The van der Waals surface area contributed by atoms with E-state index in [9.17, 15) is 39.0 Å². The molecular formula is C27H30N6O9S2. The number of nitrogens with zero attached hydrogens (tertiary/aromatic N) is 3. The van der Waals surface area contributed by atoms with Crippen LogP contribution in [0.15, 0.2) is 46.8 Å². The Bertz CT molecular complexity index is 1460. The van der Waals surface area contributed by atoms with Crippen LogP contribution in [-0.4, -0.2) is 101 Å². The average Bonchev–Trinajstić information content (AvgIpc) is 3.44. The van der Waals surface area contributed by atoms with E-state index in [-0.39, 0.29) is 49.5 Å². The number of aromatic amines is 1. The van der Waals surface area contributed by atoms with Crippen LogP contribution in [0.5, 0.6) is 0 Å². The van der Waals surface area contributed by atoms with Gasteiger partial charge in [0.15, 0.2) is 0 Å². The molecule has 2 unspecified atom stereocenters. The zero-order valence-electron chi connectivity index (χ0n) is 23.5. The fourth-order valence-corrected chi connectivity index (χ4v) is 6.82. The smallest absolute Gasteiger partial charge is 0.352 e. The summed E-state index contributed by atoms with van der Waals surface area (Å²) in [6.07, 6.45) is -0.0517. The van der Waals surface area contributed by atoms with Crippen molar-refractivity contribution in [1.29, 1.82) is 0 Å². The maximum absolute atomic E-state index is 12.9. The van der Waals surface area contributed by atoms with Gasteiger partial charge in [0, 0.05) is 23.5 Å². The summed E-state index contributed by atoms with van der Waals surface area (Å²) in [5, 5.41) is 30.8. The number of carboxylic acid groups (broad SMARTS) is 2. The van der Waals surface area contributed by atoms with Crippen molar-refractivity contribution in [3.63, 3.8) is 0 Å². The van der Waals surface area contributed by atoms with Crippen molar-refractivity contribution in [2.24, 2.45) is 0 Å². The number of thioether (sulfide) groups is 2. The Kier molecular flexibility index (Phi) is 11.0. The summed E-state index contributed by atoms with van der Waals surface area (Å²) in [7, 11) is 0. The summed E-state index contributed by atoms with van der Waals surface area (Å²) in [5.74, 6) is -3.79. The Morgan fingerprint density at radius 2 is 1.95 bits per heavy atom. The lowest BCUT2D eigenvalue weighted by molar-refractivity contribution is -0.150. The van der Waals surface area contributed by atoms with Gasteiger partial charge < -0.3 is 25.6 Å². The highest BCUT2D eigenvalue weighted by Gasteiger charge is 2.54. The molecule has 234 valence electrons. The van der Waals surface area contributed by atoms with Crippen LogP contribution in [0.3, 0.4) is 0 Å². The molecule has 1 aromatic carbocycles. The molecule has 17 heteroatoms. The Labute approximate surface area is 259 Å². The number of ether oxygens (including phenoxy) is 1. The SMILES string of the molecule is CCOC(=O)Cc1nc(SCC2=C(C(=O)O)N3C(=O)C(NC(=O)CCCC(NC(=O)c4ccccc4)C(=O)O)[C@@H]3SC2)n[nH]1. The number of H-pyrrole nitrogens is 1. The van der Waals surface area contributed by atoms with E-state index in [1.807, 2.05) is 0 Å². The van der Waals surface area contributed by atoms with E-state index in [0.717, 1.165) is 16.7 Å². The number of esters is 1. The maximum Gasteiger partial charge on any atom is 0.352 e. The number of rotatable bonds is 15. The molecule has 0 saturated carbocycles. The van der Waals surface area contributed by atoms with E-state index >= 15 is 0 Å². The van der Waals surface area contributed by atoms with E-state index in [2.05, 4.69) is 25.8 Å². The first-order valence-electron chi connectivity index (χ1n) is 13.6. The number of hydrogen-bond acceptors (Lipinski definition) is 11. The predicted octanol–water partition coefficient (Wildman–Crippen LogP) is 0.795. The molecule has 15 nitrogen and oxygen atoms in total. The second-order valence-corrected chi connectivity index (χ2v) is 11.7. The van der Waals surface area contributed by atoms with Crippen molar-refractivity contribution >= 4 is 59.2 Å². The van der Waals surface area contributed by atoms with Gasteiger partial charge in [-0.15, -0.1) is 16.9 Å². The summed E-state index contributed by atoms with van der Waals surface area (Å²) < 4.78 is 4.88. The van der Waals surface area contributed by atoms with Crippen LogP contribution in [0.1, 0.15) is 42.4 Å². The third kappa shape index (κ3) is 7.96. The third-order valence-electron chi connectivity index (χ3n) is 6.61. The Morgan fingerprint density at radius 3 is 2.64 bits per heavy atom. The molecule has 2 aliphatic rings. The molecular weight excluding hydrogens is 616 g/mol. The summed E-state index contributed by atoms with van der Waals surface area (Å²) in [6, 6.07) is 6.01. The topological polar surface area (TPSA) is 221 Å². The highest BCUT2D eigenvalue weighted by Crippen LogP contribution is 2.41. The Hall–Kier alpha value is -4.38. The van der Waals surface area contributed by atoms with Crippen LogP contribution in [0.2, 0.25) is 0 Å². The van der Waals surface area contributed by atoms with Gasteiger partial charge in [0.1, 0.15) is 35.4 Å². The number of benzene rings is 1. The number of carboxylic acids is 2. The molecule has 3 atom stereocenters. The predicted molar refractivity (Wildman–Crippen MR) is 156 cm³/mol. The van der Waals surface area contributed by atoms with E-state index in [4.69, 9.17) is 4.74 Å². The molecule has 0 spiro atoms. The number of nitrogens with one attached hydrogen (secondary N) is 3. The number of carbonyl (C=O) groups excluding carboxylic acids is 4. The minimum atomic E-state index is -1.28. The van der Waals surface area contributed by atoms with Crippen LogP contribution in [0.4, 0.5) is 0 Å². The van der Waals surface area contributed by atoms with Crippen molar-refractivity contribution in [1.82, 2.24) is 30.7 Å². The van der Waals surface area contributed by atoms with Gasteiger partial charge in [-0.3, -0.25) is 29.2 Å². The molecule has 44 heavy (non-hydrogen) atoms. The summed E-state index contributed by atoms with van der Waals surface area (Å²) >= 11 is 2.46. The number of aliphatic carboxylic acids is 2. The number of amides is 3. The molecule has 0 aliphatic carbocycles. The number of carbonyl (C=O) groups is 6. The fourth-order valence-electron chi connectivity index (χ4n) is 4.52. The summed E-state index contributed by atoms with van der Waals surface area (Å²) in [4.78, 5) is 78.6. The van der Waals surface area contributed by atoms with Gasteiger partial charge in [0.25, 0.3) is 11.8 Å². The van der Waals surface area contributed by atoms with Crippen molar-refractivity contribution in [2.75, 3.05) is 18.1 Å². The highest BCUT2D eigenvalue weighted by molar-refractivity contribution is 8.01. The maximum atomic E-state index is 12.9. The second kappa shape index (κ2) is 14.9. The third-order valence-corrected chi connectivity index (χ3v) is 8.88. The first-order chi connectivity index (χ1) is 21.1. The number of fused-ring (bicyclic) bond motifs is 1. The average molecular weight is 647 g/mol. The van der Waals surface area contributed by atoms with E-state index in [1.165, 1.54) is 11.8 Å². The van der Waals surface area contributed by atoms with Crippen LogP contribution in [-0.2, 0) is 35.1 Å². The minimum absolute atomic E-state index is 0.00759. The van der Waals surface area contributed by atoms with Crippen LogP contribution >= 0.6 is 23.5 Å². The molecule has 5 N–H and O–H groups in total. The quantitative estimate of drug-likeness (QED) is 0.103. The molecule has 0 bridgehead atoms. The second-order valence-electron chi connectivity index (χ2n) is 9.67. The van der Waals surface area contributed by atoms with Crippen molar-refractivity contribution in [3.05, 3.63) is 53.0 Å². The van der Waals surface area contributed by atoms with E-state index in [0.29, 0.717) is 22.1 Å². The molecule has 1 aromatic heterocycles. The first kappa shape index (κ1) is 32.5. The molecule has 0 radical (unpaired) electrons. The van der Waals surface area contributed by atoms with Gasteiger partial charge in [-0.1, -0.05) is 30.0 Å². The van der Waals surface area contributed by atoms with Gasteiger partial charge in [-0.25, -0.2) is 14.6 Å². The standard InChI is InChI=1S/C27H30N6O9S2/c1-2-42-19(35)11-17-29-27(32-31-17)44-13-15-12-43-24-20(23(37)33(24)21(15)26(40)41)30-18(34)10-6-9-16(25(38)39)28-22(36)14-7-4-3-5-8-14/h3-5,7-8,16,20,24H,2,6,9-13H2,1H3,(H,28,36)(H,30,34)(H,38,39)(H,40,41)(H,29,31,32)/t16?,20?,24-/m0/s1. The van der Waals surface area contributed by atoms with Gasteiger partial charge in [-0.05, 0) is 37.5 Å². The van der Waals surface area contributed by atoms with Gasteiger partial charge in [0.2, 0.25) is 11.1 Å². The molecule has 1 saturated heterocycles. The number of hydrogen-bond donors (Lipinski definition) is 5. The zero-order chi connectivity index (χ0) is 31.8. The van der Waals surface area contributed by atoms with Gasteiger partial charge in [-0.2, -0.15) is 0 Å². The molecule has 2 aromatic rings. The van der Waals surface area contributed by atoms with Gasteiger partial charge in [0.05, 0.1) is 6.61 Å². The lowest BCUT2D eigenvalue weighted by Gasteiger charge is -2.49. The fraction of sp³-hybridized carbons (Fsp3) is 0.407. The highest BCUT2D eigenvalue weighted by atomic mass is 32.2. The van der Waals surface area contributed by atoms with Crippen LogP contribution in [0.25, 0.3) is 0 Å². The van der Waals surface area contributed by atoms with E-state index in [1.54, 1.807) is 37.3 Å².